The molecule has 0 radical (unpaired) electrons. The Morgan fingerprint density at radius 1 is 1.43 bits per heavy atom. The van der Waals surface area contributed by atoms with Crippen LogP contribution in [0.25, 0.3) is 0 Å². The van der Waals surface area contributed by atoms with Gasteiger partial charge in [0.25, 0.3) is 5.91 Å². The number of aliphatic hydroxyl groups is 2. The zero-order chi connectivity index (χ0) is 11.4. The second-order valence-electron chi connectivity index (χ2n) is 2.76. The van der Waals surface area contributed by atoms with E-state index in [1.807, 2.05) is 5.32 Å². The van der Waals surface area contributed by atoms with Crippen molar-refractivity contribution < 1.29 is 24.5 Å². The van der Waals surface area contributed by atoms with Gasteiger partial charge >= 0.3 is 5.91 Å². The maximum atomic E-state index is 11.1. The Morgan fingerprint density at radius 3 is 2.14 bits per heavy atom. The van der Waals surface area contributed by atoms with Gasteiger partial charge in [-0.15, -0.1) is 0 Å². The van der Waals surface area contributed by atoms with E-state index in [1.54, 1.807) is 0 Å². The average molecular weight is 205 g/mol. The molecule has 0 saturated heterocycles. The summed E-state index contributed by atoms with van der Waals surface area (Å²) in [6, 6.07) is 0. The van der Waals surface area contributed by atoms with E-state index in [2.05, 4.69) is 16.1 Å². The monoisotopic (exact) mass is 205 g/mol. The summed E-state index contributed by atoms with van der Waals surface area (Å²) >= 11 is 0. The molecule has 82 valence electrons. The summed E-state index contributed by atoms with van der Waals surface area (Å²) in [5.74, 6) is -3.28. The molecule has 0 aromatic carbocycles. The van der Waals surface area contributed by atoms with Crippen LogP contribution >= 0.6 is 0 Å². The van der Waals surface area contributed by atoms with Crippen LogP contribution in [0.5, 0.6) is 0 Å². The Bertz CT molecular complexity index is 222. The van der Waals surface area contributed by atoms with Gasteiger partial charge in [0.15, 0.2) is 0 Å². The normalized spacial score (nSPS) is 11.6. The summed E-state index contributed by atoms with van der Waals surface area (Å²) in [6.45, 7) is 4.76. The third-order valence-electron chi connectivity index (χ3n) is 1.44. The largest absolute Gasteiger partial charge is 0.350 e. The first kappa shape index (κ1) is 13.1. The van der Waals surface area contributed by atoms with Gasteiger partial charge in [-0.2, -0.15) is 0 Å². The first-order chi connectivity index (χ1) is 6.35. The van der Waals surface area contributed by atoms with Gasteiger partial charge in [0.05, 0.1) is 0 Å². The van der Waals surface area contributed by atoms with Gasteiger partial charge in [-0.1, -0.05) is 6.58 Å². The molecule has 0 aliphatic rings. The zero-order valence-corrected chi connectivity index (χ0v) is 8.40. The molecule has 0 aromatic heterocycles. The van der Waals surface area contributed by atoms with Crippen LogP contribution in [-0.4, -0.2) is 42.5 Å². The van der Waals surface area contributed by atoms with Crippen LogP contribution in [0.15, 0.2) is 12.2 Å². The molecule has 0 heterocycles. The molecule has 3 N–H and O–H groups in total. The van der Waals surface area contributed by atoms with E-state index in [0.29, 0.717) is 0 Å². The number of hydrogen-bond donors (Lipinski definition) is 3. The molecule has 14 heavy (non-hydrogen) atoms. The molecule has 0 fully saturated rings. The Morgan fingerprint density at radius 2 is 1.86 bits per heavy atom. The third kappa shape index (κ3) is 3.43. The Balaban J connectivity index is 4.46. The topological polar surface area (TPSA) is 88.0 Å². The van der Waals surface area contributed by atoms with E-state index in [0.717, 1.165) is 0 Å². The average Bonchev–Trinajstić information content (AvgIpc) is 2.04. The third-order valence-corrected chi connectivity index (χ3v) is 1.44. The van der Waals surface area contributed by atoms with Crippen molar-refractivity contribution in [3.8, 4) is 0 Å². The predicted molar refractivity (Wildman–Crippen MR) is 47.9 cm³/mol. The van der Waals surface area contributed by atoms with Crippen molar-refractivity contribution in [2.75, 3.05) is 14.2 Å². The summed E-state index contributed by atoms with van der Waals surface area (Å²) in [6.07, 6.45) is -1.37. The van der Waals surface area contributed by atoms with Crippen LogP contribution < -0.4 is 5.32 Å². The van der Waals surface area contributed by atoms with Gasteiger partial charge in [0.1, 0.15) is 0 Å². The van der Waals surface area contributed by atoms with Crippen molar-refractivity contribution in [3.05, 3.63) is 12.2 Å². The molecule has 0 spiro atoms. The molecule has 0 aromatic rings. The summed E-state index contributed by atoms with van der Waals surface area (Å²) < 4.78 is 9.16. The molecule has 0 saturated carbocycles. The van der Waals surface area contributed by atoms with Crippen molar-refractivity contribution in [3.63, 3.8) is 0 Å². The smallest absolute Gasteiger partial charge is 0.300 e. The number of nitrogens with one attached hydrogen (secondary N) is 1. The molecule has 0 aliphatic heterocycles. The molecule has 6 heteroatoms. The fourth-order valence-electron chi connectivity index (χ4n) is 0.758. The maximum Gasteiger partial charge on any atom is 0.300 e. The second-order valence-corrected chi connectivity index (χ2v) is 2.76. The summed E-state index contributed by atoms with van der Waals surface area (Å²) in [5, 5.41) is 20.5. The zero-order valence-electron chi connectivity index (χ0n) is 8.40. The van der Waals surface area contributed by atoms with Crippen molar-refractivity contribution in [1.82, 2.24) is 5.32 Å². The maximum absolute atomic E-state index is 11.1. The number of methoxy groups -OCH3 is 2. The predicted octanol–water partition coefficient (Wildman–Crippen LogP) is -1.06. The molecule has 0 atom stereocenters. The van der Waals surface area contributed by atoms with Crippen LogP contribution in [0.2, 0.25) is 0 Å². The molecule has 0 unspecified atom stereocenters. The van der Waals surface area contributed by atoms with Crippen molar-refractivity contribution in [1.29, 1.82) is 0 Å². The number of carbonyl (C=O) groups excluding carboxylic acids is 1. The van der Waals surface area contributed by atoms with E-state index in [9.17, 15) is 15.0 Å². The lowest BCUT2D eigenvalue weighted by atomic mass is 10.3. The van der Waals surface area contributed by atoms with Crippen LogP contribution in [0.1, 0.15) is 6.92 Å². The molecular formula is C8H15NO5. The number of hydrogen-bond acceptors (Lipinski definition) is 5. The van der Waals surface area contributed by atoms with Gasteiger partial charge in [0, 0.05) is 19.8 Å². The highest BCUT2D eigenvalue weighted by Gasteiger charge is 2.37. The lowest BCUT2D eigenvalue weighted by Gasteiger charge is -2.29. The first-order valence-electron chi connectivity index (χ1n) is 3.83. The van der Waals surface area contributed by atoms with Crippen LogP contribution in [0.4, 0.5) is 0 Å². The van der Waals surface area contributed by atoms with Gasteiger partial charge in [-0.25, -0.2) is 0 Å². The van der Waals surface area contributed by atoms with Crippen LogP contribution in [0, 0.1) is 0 Å². The van der Waals surface area contributed by atoms with Crippen LogP contribution in [-0.2, 0) is 14.3 Å². The highest BCUT2D eigenvalue weighted by Crippen LogP contribution is 2.07. The van der Waals surface area contributed by atoms with Crippen LogP contribution in [0.3, 0.4) is 0 Å². The second kappa shape index (κ2) is 5.06. The summed E-state index contributed by atoms with van der Waals surface area (Å²) in [5.41, 5.74) is 0.142. The van der Waals surface area contributed by atoms with E-state index < -0.39 is 18.1 Å². The molecule has 1 amide bonds. The lowest BCUT2D eigenvalue weighted by molar-refractivity contribution is -0.316. The van der Waals surface area contributed by atoms with Gasteiger partial charge < -0.3 is 19.7 Å². The highest BCUT2D eigenvalue weighted by atomic mass is 16.7. The van der Waals surface area contributed by atoms with Gasteiger partial charge in [0.2, 0.25) is 6.29 Å². The first-order valence-corrected chi connectivity index (χ1v) is 3.83. The number of rotatable bonds is 5. The minimum Gasteiger partial charge on any atom is -0.350 e. The molecule has 0 rings (SSSR count). The molecular weight excluding hydrogens is 190 g/mol. The SMILES string of the molecule is C=C(C)C(=O)NC(O)(O)C(OC)OC. The number of ether oxygens (including phenoxy) is 2. The van der Waals surface area contributed by atoms with Gasteiger partial charge in [-0.3, -0.25) is 10.1 Å². The van der Waals surface area contributed by atoms with Crippen molar-refractivity contribution in [2.45, 2.75) is 19.1 Å². The Kier molecular flexibility index (Phi) is 4.72. The molecule has 0 aliphatic carbocycles. The van der Waals surface area contributed by atoms with Crippen molar-refractivity contribution in [2.24, 2.45) is 0 Å². The number of amides is 1. The fourth-order valence-corrected chi connectivity index (χ4v) is 0.758. The number of carbonyl (C=O) groups is 1. The summed E-state index contributed by atoms with van der Waals surface area (Å²) in [4.78, 5) is 11.1. The van der Waals surface area contributed by atoms with Crippen molar-refractivity contribution >= 4 is 5.91 Å². The minimum atomic E-state index is -2.58. The fraction of sp³-hybridized carbons (Fsp3) is 0.625. The molecule has 0 bridgehead atoms. The van der Waals surface area contributed by atoms with Gasteiger partial charge in [-0.05, 0) is 6.92 Å². The Hall–Kier alpha value is -0.950. The minimum absolute atomic E-state index is 0.142. The lowest BCUT2D eigenvalue weighted by Crippen LogP contribution is -2.58. The highest BCUT2D eigenvalue weighted by molar-refractivity contribution is 5.92. The summed E-state index contributed by atoms with van der Waals surface area (Å²) in [7, 11) is 2.42. The quantitative estimate of drug-likeness (QED) is 0.393. The molecule has 6 nitrogen and oxygen atoms in total. The van der Waals surface area contributed by atoms with E-state index >= 15 is 0 Å². The van der Waals surface area contributed by atoms with E-state index in [-0.39, 0.29) is 5.57 Å². The standard InChI is InChI=1S/C8H15NO5/c1-5(2)6(10)9-8(11,12)7(13-3)14-4/h7,11-12H,1H2,2-4H3,(H,9,10). The van der Waals surface area contributed by atoms with E-state index in [4.69, 9.17) is 0 Å². The van der Waals surface area contributed by atoms with E-state index in [1.165, 1.54) is 21.1 Å². The Labute approximate surface area is 82.1 Å².